The van der Waals surface area contributed by atoms with Crippen LogP contribution < -0.4 is 0 Å². The zero-order valence-electron chi connectivity index (χ0n) is 12.3. The maximum Gasteiger partial charge on any atom is 0.306 e. The molecule has 1 aliphatic carbocycles. The van der Waals surface area contributed by atoms with Gasteiger partial charge in [0.25, 0.3) is 0 Å². The van der Waals surface area contributed by atoms with Gasteiger partial charge in [-0.15, -0.1) is 0 Å². The van der Waals surface area contributed by atoms with E-state index in [0.29, 0.717) is 12.5 Å². The molecule has 3 saturated heterocycles. The molecule has 1 N–H and O–H groups in total. The molecule has 3 aliphatic heterocycles. The van der Waals surface area contributed by atoms with Gasteiger partial charge in [0.2, 0.25) is 0 Å². The predicted octanol–water partition coefficient (Wildman–Crippen LogP) is 1.56. The second-order valence-corrected chi connectivity index (χ2v) is 7.40. The lowest BCUT2D eigenvalue weighted by Crippen LogP contribution is -2.67. The minimum Gasteiger partial charge on any atom is -0.462 e. The van der Waals surface area contributed by atoms with Crippen molar-refractivity contribution in [1.29, 1.82) is 0 Å². The summed E-state index contributed by atoms with van der Waals surface area (Å²) in [6.07, 6.45) is 5.75. The van der Waals surface area contributed by atoms with E-state index in [1.54, 1.807) is 0 Å². The molecule has 1 saturated carbocycles. The van der Waals surface area contributed by atoms with Crippen molar-refractivity contribution < 1.29 is 14.6 Å². The molecule has 0 aromatic carbocycles. The van der Waals surface area contributed by atoms with Crippen molar-refractivity contribution in [2.24, 2.45) is 17.3 Å². The van der Waals surface area contributed by atoms with E-state index in [-0.39, 0.29) is 35.4 Å². The molecule has 3 heterocycles. The van der Waals surface area contributed by atoms with Crippen molar-refractivity contribution in [3.05, 3.63) is 0 Å². The van der Waals surface area contributed by atoms with E-state index in [1.807, 2.05) is 0 Å². The summed E-state index contributed by atoms with van der Waals surface area (Å²) in [5.41, 5.74) is 0.0363. The summed E-state index contributed by atoms with van der Waals surface area (Å²) in [5.74, 6) is 0.274. The first-order valence-electron chi connectivity index (χ1n) is 8.24. The van der Waals surface area contributed by atoms with Crippen molar-refractivity contribution in [3.63, 3.8) is 0 Å². The van der Waals surface area contributed by atoms with Gasteiger partial charge in [0, 0.05) is 17.4 Å². The molecule has 1 spiro atoms. The van der Waals surface area contributed by atoms with Gasteiger partial charge in [-0.3, -0.25) is 9.69 Å². The van der Waals surface area contributed by atoms with Crippen LogP contribution >= 0.6 is 0 Å². The molecular formula is C16H25NO3. The third kappa shape index (κ3) is 1.58. The van der Waals surface area contributed by atoms with Crippen molar-refractivity contribution in [1.82, 2.24) is 4.90 Å². The third-order valence-electron chi connectivity index (χ3n) is 6.57. The van der Waals surface area contributed by atoms with Crippen LogP contribution in [0.3, 0.4) is 0 Å². The van der Waals surface area contributed by atoms with Crippen molar-refractivity contribution in [2.75, 3.05) is 13.1 Å². The fraction of sp³-hybridized carbons (Fsp3) is 0.938. The first kappa shape index (κ1) is 13.1. The van der Waals surface area contributed by atoms with Gasteiger partial charge >= 0.3 is 5.97 Å². The largest absolute Gasteiger partial charge is 0.462 e. The van der Waals surface area contributed by atoms with Crippen LogP contribution in [0.25, 0.3) is 0 Å². The highest BCUT2D eigenvalue weighted by molar-refractivity contribution is 5.71. The van der Waals surface area contributed by atoms with E-state index < -0.39 is 0 Å². The molecule has 112 valence electrons. The minimum atomic E-state index is -0.334. The van der Waals surface area contributed by atoms with Gasteiger partial charge < -0.3 is 9.84 Å². The normalized spacial score (nSPS) is 51.9. The molecule has 6 unspecified atom stereocenters. The first-order chi connectivity index (χ1) is 9.63. The Kier molecular flexibility index (Phi) is 2.90. The molecule has 2 bridgehead atoms. The van der Waals surface area contributed by atoms with Gasteiger partial charge in [-0.1, -0.05) is 6.92 Å². The third-order valence-corrected chi connectivity index (χ3v) is 6.57. The van der Waals surface area contributed by atoms with E-state index in [9.17, 15) is 9.90 Å². The number of nitrogens with zero attached hydrogens (tertiary/aromatic N) is 1. The van der Waals surface area contributed by atoms with Crippen LogP contribution in [0.15, 0.2) is 0 Å². The molecule has 4 aliphatic rings. The Hall–Kier alpha value is -0.610. The number of piperidine rings is 1. The number of hydrogen-bond donors (Lipinski definition) is 1. The Morgan fingerprint density at radius 2 is 2.15 bits per heavy atom. The summed E-state index contributed by atoms with van der Waals surface area (Å²) in [6, 6.07) is 0.529. The summed E-state index contributed by atoms with van der Waals surface area (Å²) in [7, 11) is 0. The maximum absolute atomic E-state index is 11.9. The Labute approximate surface area is 120 Å². The van der Waals surface area contributed by atoms with Gasteiger partial charge in [-0.05, 0) is 51.1 Å². The Morgan fingerprint density at radius 3 is 3.00 bits per heavy atom. The molecule has 0 aromatic rings. The Bertz CT molecular complexity index is 426. The number of carbonyl (C=O) groups excluding carboxylic acids is 1. The lowest BCUT2D eigenvalue weighted by molar-refractivity contribution is -0.228. The van der Waals surface area contributed by atoms with Crippen LogP contribution in [-0.2, 0) is 9.53 Å². The van der Waals surface area contributed by atoms with Gasteiger partial charge in [0.05, 0.1) is 12.5 Å². The molecule has 0 aromatic heterocycles. The van der Waals surface area contributed by atoms with E-state index >= 15 is 0 Å². The topological polar surface area (TPSA) is 49.8 Å². The standard InChI is InChI=1S/C16H25NO3/c1-10-8-13-16(11(15(10)19)9-14(18)20-13)5-3-7-17-6-2-4-12(16)17/h10-13,15,19H,2-9H2,1H3. The zero-order chi connectivity index (χ0) is 13.9. The number of ether oxygens (including phenoxy) is 1. The summed E-state index contributed by atoms with van der Waals surface area (Å²) >= 11 is 0. The number of rotatable bonds is 0. The summed E-state index contributed by atoms with van der Waals surface area (Å²) in [5, 5.41) is 10.7. The first-order valence-corrected chi connectivity index (χ1v) is 8.24. The number of aliphatic hydroxyl groups is 1. The van der Waals surface area contributed by atoms with Crippen molar-refractivity contribution >= 4 is 5.97 Å². The van der Waals surface area contributed by atoms with Gasteiger partial charge in [0.15, 0.2) is 0 Å². The monoisotopic (exact) mass is 279 g/mol. The second kappa shape index (κ2) is 4.44. The number of carbonyl (C=O) groups is 1. The summed E-state index contributed by atoms with van der Waals surface area (Å²) in [6.45, 7) is 4.48. The number of hydrogen-bond acceptors (Lipinski definition) is 4. The van der Waals surface area contributed by atoms with E-state index in [0.717, 1.165) is 12.8 Å². The van der Waals surface area contributed by atoms with Crippen LogP contribution in [0, 0.1) is 17.3 Å². The van der Waals surface area contributed by atoms with Crippen LogP contribution in [0.4, 0.5) is 0 Å². The molecule has 6 atom stereocenters. The minimum absolute atomic E-state index is 0.0363. The lowest BCUT2D eigenvalue weighted by atomic mass is 9.52. The number of aliphatic hydroxyl groups excluding tert-OH is 1. The van der Waals surface area contributed by atoms with Gasteiger partial charge in [-0.25, -0.2) is 0 Å². The lowest BCUT2D eigenvalue weighted by Gasteiger charge is -2.61. The SMILES string of the molecule is CC1CC2OC(=O)CC(C1O)C21CCCN2CCCC21. The van der Waals surface area contributed by atoms with Crippen LogP contribution in [0.1, 0.15) is 45.4 Å². The smallest absolute Gasteiger partial charge is 0.306 e. The van der Waals surface area contributed by atoms with Crippen LogP contribution in [0.5, 0.6) is 0 Å². The fourth-order valence-electron chi connectivity index (χ4n) is 5.77. The second-order valence-electron chi connectivity index (χ2n) is 7.40. The predicted molar refractivity (Wildman–Crippen MR) is 74.0 cm³/mol. The Morgan fingerprint density at radius 1 is 1.35 bits per heavy atom. The molecule has 4 rings (SSSR count). The van der Waals surface area contributed by atoms with E-state index in [2.05, 4.69) is 11.8 Å². The highest BCUT2D eigenvalue weighted by Crippen LogP contribution is 2.58. The quantitative estimate of drug-likeness (QED) is 0.684. The summed E-state index contributed by atoms with van der Waals surface area (Å²) < 4.78 is 5.80. The summed E-state index contributed by atoms with van der Waals surface area (Å²) in [4.78, 5) is 14.5. The number of esters is 1. The van der Waals surface area contributed by atoms with Gasteiger partial charge in [0.1, 0.15) is 6.10 Å². The molecule has 4 nitrogen and oxygen atoms in total. The average Bonchev–Trinajstić information content (AvgIpc) is 2.89. The van der Waals surface area contributed by atoms with E-state index in [1.165, 1.54) is 32.4 Å². The molecule has 0 radical (unpaired) electrons. The average molecular weight is 279 g/mol. The molecular weight excluding hydrogens is 254 g/mol. The van der Waals surface area contributed by atoms with Crippen LogP contribution in [-0.4, -0.2) is 47.3 Å². The molecule has 0 amide bonds. The highest BCUT2D eigenvalue weighted by atomic mass is 16.5. The van der Waals surface area contributed by atoms with Gasteiger partial charge in [-0.2, -0.15) is 0 Å². The highest BCUT2D eigenvalue weighted by Gasteiger charge is 2.63. The van der Waals surface area contributed by atoms with E-state index in [4.69, 9.17) is 4.74 Å². The fourth-order valence-corrected chi connectivity index (χ4v) is 5.77. The maximum atomic E-state index is 11.9. The number of fused-ring (bicyclic) bond motifs is 1. The Balaban J connectivity index is 1.76. The molecule has 4 fully saturated rings. The molecule has 20 heavy (non-hydrogen) atoms. The van der Waals surface area contributed by atoms with Crippen molar-refractivity contribution in [3.8, 4) is 0 Å². The van der Waals surface area contributed by atoms with Crippen molar-refractivity contribution in [2.45, 2.75) is 63.7 Å². The molecule has 4 heteroatoms. The van der Waals surface area contributed by atoms with Crippen LogP contribution in [0.2, 0.25) is 0 Å². The zero-order valence-corrected chi connectivity index (χ0v) is 12.3.